The van der Waals surface area contributed by atoms with Gasteiger partial charge in [0.25, 0.3) is 11.8 Å². The zero-order valence-electron chi connectivity index (χ0n) is 43.6. The minimum absolute atomic E-state index is 0.0147. The van der Waals surface area contributed by atoms with Crippen LogP contribution in [-0.2, 0) is 50.3 Å². The first-order chi connectivity index (χ1) is 38.7. The molecule has 3 fully saturated rings. The molecule has 9 rings (SSSR count). The van der Waals surface area contributed by atoms with Gasteiger partial charge in [0.05, 0.1) is 6.04 Å². The van der Waals surface area contributed by atoms with Crippen LogP contribution in [0.1, 0.15) is 119 Å². The number of benzene rings is 4. The Morgan fingerprint density at radius 3 is 2.25 bits per heavy atom. The number of nitrogens with zero attached hydrogens (tertiary/aromatic N) is 3. The SMILES string of the molecule is NC(=O)CC[C@H](NC(=O)[C@@H]1CC[C@@H]2CCN(C(=O)CCCC#Cc3cccc4c3CN(C3CCC(=O)NC3=O)C4=O)C[C@H](NC(=O)c3cc4cc(C(F)(F)P(=O)(O)O)ccc4[nH]3)C(=O)N21)C(=O)NC(c1ccccc1)c1ccccc1. The molecule has 9 N–H and O–H groups in total. The summed E-state index contributed by atoms with van der Waals surface area (Å²) in [4.78, 5) is 148. The van der Waals surface area contributed by atoms with Crippen molar-refractivity contribution in [2.75, 3.05) is 13.1 Å². The van der Waals surface area contributed by atoms with Crippen LogP contribution in [0.3, 0.4) is 0 Å². The second-order valence-corrected chi connectivity index (χ2v) is 22.1. The number of hydrogen-bond acceptors (Lipinski definition) is 10. The van der Waals surface area contributed by atoms with E-state index in [9.17, 15) is 61.5 Å². The van der Waals surface area contributed by atoms with E-state index in [-0.39, 0.29) is 112 Å². The first kappa shape index (κ1) is 57.1. The van der Waals surface area contributed by atoms with Gasteiger partial charge in [-0.2, -0.15) is 8.78 Å². The fraction of sp³-hybridized carbons (Fsp3) is 0.351. The predicted octanol–water partition coefficient (Wildman–Crippen LogP) is 3.72. The van der Waals surface area contributed by atoms with Gasteiger partial charge in [-0.3, -0.25) is 53.0 Å². The minimum Gasteiger partial charge on any atom is -0.370 e. The Labute approximate surface area is 462 Å². The number of halogens is 2. The molecule has 5 heterocycles. The van der Waals surface area contributed by atoms with Crippen molar-refractivity contribution in [3.8, 4) is 11.8 Å². The van der Waals surface area contributed by atoms with Crippen LogP contribution < -0.4 is 27.0 Å². The molecule has 0 bridgehead atoms. The smallest absolute Gasteiger partial charge is 0.370 e. The maximum Gasteiger partial charge on any atom is 0.399 e. The quantitative estimate of drug-likeness (QED) is 0.0286. The highest BCUT2D eigenvalue weighted by molar-refractivity contribution is 7.52. The zero-order valence-corrected chi connectivity index (χ0v) is 44.5. The van der Waals surface area contributed by atoms with Crippen molar-refractivity contribution in [3.05, 3.63) is 142 Å². The van der Waals surface area contributed by atoms with Gasteiger partial charge in [0.1, 0.15) is 29.9 Å². The Hall–Kier alpha value is -8.58. The first-order valence-electron chi connectivity index (χ1n) is 26.4. The molecule has 5 aromatic rings. The normalized spacial score (nSPS) is 19.6. The molecule has 21 nitrogen and oxygen atoms in total. The number of nitrogens with one attached hydrogen (secondary N) is 5. The molecule has 81 heavy (non-hydrogen) atoms. The monoisotopic (exact) mass is 1130 g/mol. The van der Waals surface area contributed by atoms with Crippen molar-refractivity contribution in [2.24, 2.45) is 5.73 Å². The highest BCUT2D eigenvalue weighted by atomic mass is 31.2. The molecule has 422 valence electrons. The van der Waals surface area contributed by atoms with Crippen LogP contribution >= 0.6 is 7.60 Å². The van der Waals surface area contributed by atoms with Crippen LogP contribution in [-0.4, -0.2) is 126 Å². The number of aromatic nitrogens is 1. The van der Waals surface area contributed by atoms with Crippen LogP contribution in [0.4, 0.5) is 8.78 Å². The number of rotatable bonds is 17. The van der Waals surface area contributed by atoms with Crippen molar-refractivity contribution in [1.82, 2.24) is 41.0 Å². The number of imide groups is 1. The minimum atomic E-state index is -5.94. The number of carbonyl (C=O) groups is 9. The van der Waals surface area contributed by atoms with Crippen LogP contribution in [0, 0.1) is 11.8 Å². The molecule has 3 saturated heterocycles. The summed E-state index contributed by atoms with van der Waals surface area (Å²) in [5.41, 5.74) is 2.95. The second-order valence-electron chi connectivity index (χ2n) is 20.4. The Kier molecular flexibility index (Phi) is 16.9. The summed E-state index contributed by atoms with van der Waals surface area (Å²) in [6.45, 7) is -0.165. The van der Waals surface area contributed by atoms with Gasteiger partial charge in [-0.05, 0) is 85.5 Å². The number of piperidine rings is 1. The van der Waals surface area contributed by atoms with E-state index in [1.165, 1.54) is 14.7 Å². The van der Waals surface area contributed by atoms with Gasteiger partial charge in [0.2, 0.25) is 41.4 Å². The van der Waals surface area contributed by atoms with Crippen molar-refractivity contribution in [1.29, 1.82) is 0 Å². The summed E-state index contributed by atoms with van der Waals surface area (Å²) in [5.74, 6) is 0.753. The zero-order chi connectivity index (χ0) is 57.8. The third kappa shape index (κ3) is 12.6. The van der Waals surface area contributed by atoms with Crippen molar-refractivity contribution >= 4 is 71.7 Å². The highest BCUT2D eigenvalue weighted by Crippen LogP contribution is 2.59. The number of aromatic amines is 1. The first-order valence-corrected chi connectivity index (χ1v) is 28.0. The second kappa shape index (κ2) is 24.0. The highest BCUT2D eigenvalue weighted by Gasteiger charge is 2.51. The number of hydrogen-bond donors (Lipinski definition) is 8. The summed E-state index contributed by atoms with van der Waals surface area (Å²) in [6, 6.07) is 21.1. The molecule has 4 aliphatic rings. The van der Waals surface area contributed by atoms with E-state index in [2.05, 4.69) is 38.1 Å². The molecule has 5 atom stereocenters. The summed E-state index contributed by atoms with van der Waals surface area (Å²) >= 11 is 0. The fourth-order valence-electron chi connectivity index (χ4n) is 10.9. The fourth-order valence-corrected chi connectivity index (χ4v) is 11.4. The Morgan fingerprint density at radius 2 is 1.57 bits per heavy atom. The van der Waals surface area contributed by atoms with Crippen molar-refractivity contribution < 1.29 is 66.3 Å². The molecule has 0 saturated carbocycles. The lowest BCUT2D eigenvalue weighted by atomic mass is 9.98. The molecule has 4 aliphatic heterocycles. The number of primary amides is 1. The van der Waals surface area contributed by atoms with E-state index < -0.39 is 96.4 Å². The van der Waals surface area contributed by atoms with Crippen LogP contribution in [0.15, 0.2) is 103 Å². The Balaban J connectivity index is 0.924. The van der Waals surface area contributed by atoms with Gasteiger partial charge in [-0.1, -0.05) is 84.6 Å². The predicted molar refractivity (Wildman–Crippen MR) is 287 cm³/mol. The molecule has 9 amide bonds. The Bertz CT molecular complexity index is 3400. The van der Waals surface area contributed by atoms with Gasteiger partial charge in [0, 0.05) is 79.0 Å². The lowest BCUT2D eigenvalue weighted by Crippen LogP contribution is -2.62. The van der Waals surface area contributed by atoms with Crippen molar-refractivity contribution in [2.45, 2.75) is 113 Å². The maximum absolute atomic E-state index is 15.0. The molecule has 24 heteroatoms. The van der Waals surface area contributed by atoms with E-state index >= 15 is 4.79 Å². The average molecular weight is 1130 g/mol. The molecular formula is C57H58F2N9O12P. The summed E-state index contributed by atoms with van der Waals surface area (Å²) < 4.78 is 41.1. The van der Waals surface area contributed by atoms with E-state index in [0.717, 1.165) is 35.4 Å². The van der Waals surface area contributed by atoms with Gasteiger partial charge in [-0.25, -0.2) is 0 Å². The number of unbranched alkanes of at least 4 members (excludes halogenated alkanes) is 1. The molecule has 1 aromatic heterocycles. The van der Waals surface area contributed by atoms with Crippen LogP contribution in [0.2, 0.25) is 0 Å². The lowest BCUT2D eigenvalue weighted by molar-refractivity contribution is -0.145. The van der Waals surface area contributed by atoms with E-state index in [1.807, 2.05) is 60.7 Å². The molecular weight excluding hydrogens is 1070 g/mol. The number of carbonyl (C=O) groups excluding carboxylic acids is 9. The molecule has 0 radical (unpaired) electrons. The van der Waals surface area contributed by atoms with Crippen LogP contribution in [0.25, 0.3) is 10.9 Å². The number of amides is 9. The summed E-state index contributed by atoms with van der Waals surface area (Å²) in [6.07, 6.45) is 0.942. The topological polar surface area (TPSA) is 311 Å². The number of nitrogens with two attached hydrogens (primary N) is 1. The van der Waals surface area contributed by atoms with Gasteiger partial charge >= 0.3 is 13.3 Å². The standard InChI is InChI=1S/C57H58F2N9O12P/c58-57(59,81(78,79)80)37-19-21-41-36(29-37)30-43(61-41)52(73)63-44-32-66(49(71)18-9-3-4-11-33-16-10-17-39-40(33)31-67(55(39)76)45-24-26-48(70)64-53(45)74)28-27-38-20-23-46(68(38)56(44)77)54(75)62-42(22-25-47(60)69)51(72)65-50(34-12-5-1-6-13-34)35-14-7-2-8-15-35/h1-2,5-8,10,12-17,19,21,29-30,38,42,44-46,50,61H,3,9,18,20,22-28,31-32H2,(H2,60,69)(H,62,75)(H,63,73)(H,65,72)(H,64,70,74)(H2,78,79,80)/t38-,42+,44+,45?,46+/m1/s1. The Morgan fingerprint density at radius 1 is 0.852 bits per heavy atom. The summed E-state index contributed by atoms with van der Waals surface area (Å²) in [7, 11) is -5.94. The number of H-pyrrole nitrogens is 1. The van der Waals surface area contributed by atoms with Gasteiger partial charge in [-0.15, -0.1) is 0 Å². The lowest BCUT2D eigenvalue weighted by Gasteiger charge is -2.39. The van der Waals surface area contributed by atoms with Gasteiger partial charge < -0.3 is 51.2 Å². The molecule has 1 unspecified atom stereocenters. The number of alkyl halides is 2. The van der Waals surface area contributed by atoms with E-state index in [0.29, 0.717) is 16.7 Å². The van der Waals surface area contributed by atoms with E-state index in [1.54, 1.807) is 18.2 Å². The van der Waals surface area contributed by atoms with Crippen molar-refractivity contribution in [3.63, 3.8) is 0 Å². The van der Waals surface area contributed by atoms with E-state index in [4.69, 9.17) is 5.73 Å². The summed E-state index contributed by atoms with van der Waals surface area (Å²) in [5, 5.41) is 10.7. The number of fused-ring (bicyclic) bond motifs is 3. The van der Waals surface area contributed by atoms with Crippen LogP contribution in [0.5, 0.6) is 0 Å². The third-order valence-corrected chi connectivity index (χ3v) is 16.1. The van der Waals surface area contributed by atoms with Gasteiger partial charge in [0.15, 0.2) is 0 Å². The molecule has 0 aliphatic carbocycles. The average Bonchev–Trinajstić information content (AvgIpc) is 4.26. The third-order valence-electron chi connectivity index (χ3n) is 15.1. The molecule has 4 aromatic carbocycles. The molecule has 0 spiro atoms. The maximum atomic E-state index is 15.0. The largest absolute Gasteiger partial charge is 0.399 e.